The molecule has 0 saturated heterocycles. The van der Waals surface area contributed by atoms with Crippen molar-refractivity contribution in [2.24, 2.45) is 0 Å². The van der Waals surface area contributed by atoms with Crippen LogP contribution in [-0.2, 0) is 0 Å². The molecule has 0 atom stereocenters. The number of hydrogen-bond acceptors (Lipinski definition) is 3. The van der Waals surface area contributed by atoms with Crippen molar-refractivity contribution >= 4 is 61.6 Å². The molecule has 2 aliphatic heterocycles. The molecular weight excluding hydrogens is 721 g/mol. The van der Waals surface area contributed by atoms with Gasteiger partial charge in [-0.1, -0.05) is 133 Å². The Morgan fingerprint density at radius 2 is 1.03 bits per heavy atom. The van der Waals surface area contributed by atoms with E-state index in [0.29, 0.717) is 0 Å². The van der Waals surface area contributed by atoms with Crippen molar-refractivity contribution in [1.82, 2.24) is 4.57 Å². The van der Waals surface area contributed by atoms with Crippen molar-refractivity contribution in [1.29, 1.82) is 0 Å². The maximum absolute atomic E-state index is 6.93. The number of furan rings is 1. The molecule has 0 radical (unpaired) electrons. The molecule has 4 nitrogen and oxygen atoms in total. The first kappa shape index (κ1) is 32.3. The molecule has 0 unspecified atom stereocenters. The van der Waals surface area contributed by atoms with Gasteiger partial charge in [0.1, 0.15) is 28.4 Å². The zero-order valence-electron chi connectivity index (χ0n) is 31.7. The number of para-hydroxylation sites is 4. The van der Waals surface area contributed by atoms with Gasteiger partial charge in [0.05, 0.1) is 11.0 Å². The van der Waals surface area contributed by atoms with Crippen LogP contribution < -0.4 is 20.3 Å². The fourth-order valence-corrected chi connectivity index (χ4v) is 9.67. The zero-order chi connectivity index (χ0) is 38.6. The standard InChI is InChI=1S/C54H32BNO3/c1-2-13-38(42-18-11-23-51-53(42)43-17-6-9-21-48(43)57-51)37(12-1)35-30-44-41-16-5-10-22-49(41)59-55-45-31-34(26-29-50(45)58-52(32-35)54(44)55)33-24-27-36(28-25-33)56-46-19-7-3-14-39(46)40-15-4-8-20-47(40)56/h1-32H. The molecule has 2 aromatic heterocycles. The Hall–Kier alpha value is -7.76. The van der Waals surface area contributed by atoms with Crippen LogP contribution in [0.3, 0.4) is 0 Å². The van der Waals surface area contributed by atoms with E-state index in [4.69, 9.17) is 13.8 Å². The van der Waals surface area contributed by atoms with Gasteiger partial charge in [0.25, 0.3) is 0 Å². The Morgan fingerprint density at radius 3 is 1.85 bits per heavy atom. The van der Waals surface area contributed by atoms with Gasteiger partial charge in [-0.25, -0.2) is 0 Å². The molecule has 0 aliphatic carbocycles. The molecule has 5 heteroatoms. The first-order valence-corrected chi connectivity index (χ1v) is 20.1. The lowest BCUT2D eigenvalue weighted by molar-refractivity contribution is 0.479. The van der Waals surface area contributed by atoms with Crippen LogP contribution in [0.4, 0.5) is 0 Å². The highest BCUT2D eigenvalue weighted by Crippen LogP contribution is 2.45. The van der Waals surface area contributed by atoms with Crippen LogP contribution in [0.5, 0.6) is 17.2 Å². The van der Waals surface area contributed by atoms with Crippen molar-refractivity contribution in [3.05, 3.63) is 194 Å². The second-order valence-corrected chi connectivity index (χ2v) is 15.5. The topological polar surface area (TPSA) is 36.5 Å². The summed E-state index contributed by atoms with van der Waals surface area (Å²) < 4.78 is 22.5. The summed E-state index contributed by atoms with van der Waals surface area (Å²) in [5, 5.41) is 4.75. The van der Waals surface area contributed by atoms with Crippen molar-refractivity contribution in [3.8, 4) is 67.4 Å². The second kappa shape index (κ2) is 12.4. The van der Waals surface area contributed by atoms with E-state index in [1.807, 2.05) is 12.1 Å². The molecule has 274 valence electrons. The molecular formula is C54H32BNO3. The van der Waals surface area contributed by atoms with Crippen LogP contribution in [-0.4, -0.2) is 11.5 Å². The van der Waals surface area contributed by atoms with E-state index in [1.165, 1.54) is 21.8 Å². The molecule has 9 aromatic carbocycles. The summed E-state index contributed by atoms with van der Waals surface area (Å²) in [6.07, 6.45) is 0. The lowest BCUT2D eigenvalue weighted by Crippen LogP contribution is -2.53. The van der Waals surface area contributed by atoms with Crippen molar-refractivity contribution in [2.75, 3.05) is 0 Å². The molecule has 0 amide bonds. The quantitative estimate of drug-likeness (QED) is 0.168. The van der Waals surface area contributed by atoms with Gasteiger partial charge in [0.2, 0.25) is 0 Å². The highest BCUT2D eigenvalue weighted by atomic mass is 16.5. The van der Waals surface area contributed by atoms with E-state index < -0.39 is 0 Å². The van der Waals surface area contributed by atoms with Gasteiger partial charge in [-0.2, -0.15) is 0 Å². The Labute approximate surface area is 340 Å². The largest absolute Gasteiger partial charge is 0.551 e. The fraction of sp³-hybridized carbons (Fsp3) is 0. The normalized spacial score (nSPS) is 12.6. The van der Waals surface area contributed by atoms with Gasteiger partial charge in [-0.05, 0) is 99.6 Å². The van der Waals surface area contributed by atoms with Crippen LogP contribution in [0.15, 0.2) is 199 Å². The van der Waals surface area contributed by atoms with Gasteiger partial charge in [0.15, 0.2) is 0 Å². The van der Waals surface area contributed by atoms with E-state index in [-0.39, 0.29) is 6.92 Å². The molecule has 2 aliphatic rings. The Morgan fingerprint density at radius 1 is 0.390 bits per heavy atom. The summed E-state index contributed by atoms with van der Waals surface area (Å²) in [5.74, 6) is 2.48. The highest BCUT2D eigenvalue weighted by molar-refractivity contribution is 6.84. The summed E-state index contributed by atoms with van der Waals surface area (Å²) >= 11 is 0. The number of aromatic nitrogens is 1. The minimum Gasteiger partial charge on any atom is -0.551 e. The van der Waals surface area contributed by atoms with E-state index in [2.05, 4.69) is 187 Å². The number of nitrogens with zero attached hydrogens (tertiary/aromatic N) is 1. The second-order valence-electron chi connectivity index (χ2n) is 15.5. The van der Waals surface area contributed by atoms with Gasteiger partial charge in [0, 0.05) is 43.7 Å². The molecule has 11 aromatic rings. The summed E-state index contributed by atoms with van der Waals surface area (Å²) in [7, 11) is 0. The third-order valence-corrected chi connectivity index (χ3v) is 12.3. The Bertz CT molecular complexity index is 3470. The summed E-state index contributed by atoms with van der Waals surface area (Å²) in [6.45, 7) is -0.328. The van der Waals surface area contributed by atoms with Crippen LogP contribution in [0.2, 0.25) is 0 Å². The molecule has 59 heavy (non-hydrogen) atoms. The van der Waals surface area contributed by atoms with Gasteiger partial charge < -0.3 is 18.4 Å². The molecule has 13 rings (SSSR count). The number of benzene rings is 9. The molecule has 0 fully saturated rings. The van der Waals surface area contributed by atoms with Gasteiger partial charge in [-0.15, -0.1) is 0 Å². The maximum atomic E-state index is 6.93. The third kappa shape index (κ3) is 4.79. The Kier molecular flexibility index (Phi) is 6.78. The molecule has 0 bridgehead atoms. The van der Waals surface area contributed by atoms with Crippen LogP contribution >= 0.6 is 0 Å². The van der Waals surface area contributed by atoms with Crippen LogP contribution in [0.25, 0.3) is 93.9 Å². The van der Waals surface area contributed by atoms with Crippen molar-refractivity contribution in [2.45, 2.75) is 0 Å². The molecule has 0 saturated carbocycles. The monoisotopic (exact) mass is 753 g/mol. The Balaban J connectivity index is 0.923. The van der Waals surface area contributed by atoms with E-state index >= 15 is 0 Å². The summed E-state index contributed by atoms with van der Waals surface area (Å²) in [5.41, 5.74) is 16.3. The van der Waals surface area contributed by atoms with E-state index in [9.17, 15) is 0 Å². The maximum Gasteiger partial charge on any atom is 0.434 e. The molecule has 4 heterocycles. The lowest BCUT2D eigenvalue weighted by Gasteiger charge is -2.33. The van der Waals surface area contributed by atoms with Gasteiger partial charge in [-0.3, -0.25) is 0 Å². The van der Waals surface area contributed by atoms with E-state index in [0.717, 1.165) is 100 Å². The number of ether oxygens (including phenoxy) is 1. The average Bonchev–Trinajstić information content (AvgIpc) is 3.85. The first-order chi connectivity index (χ1) is 29.2. The number of hydrogen-bond donors (Lipinski definition) is 0. The predicted octanol–water partition coefficient (Wildman–Crippen LogP) is 13.0. The van der Waals surface area contributed by atoms with Crippen molar-refractivity contribution < 1.29 is 13.8 Å². The summed E-state index contributed by atoms with van der Waals surface area (Å²) in [6, 6.07) is 68.8. The van der Waals surface area contributed by atoms with Crippen molar-refractivity contribution in [3.63, 3.8) is 0 Å². The zero-order valence-corrected chi connectivity index (χ0v) is 31.7. The molecule has 0 spiro atoms. The SMILES string of the molecule is c1ccc2c(c1)OB1c3cc(-c4ccc(-n5c6ccccc6c6ccccc65)cc4)ccc3Oc3cc(-c4ccccc4-c4cccc5oc6ccccc6c45)cc-2c31. The molecule has 0 N–H and O–H groups in total. The lowest BCUT2D eigenvalue weighted by atomic mass is 9.50. The fourth-order valence-electron chi connectivity index (χ4n) is 9.67. The average molecular weight is 754 g/mol. The van der Waals surface area contributed by atoms with Crippen LogP contribution in [0, 0.1) is 0 Å². The number of fused-ring (bicyclic) bond motifs is 10. The first-order valence-electron chi connectivity index (χ1n) is 20.1. The minimum absolute atomic E-state index is 0.328. The number of rotatable bonds is 4. The van der Waals surface area contributed by atoms with Gasteiger partial charge >= 0.3 is 6.92 Å². The predicted molar refractivity (Wildman–Crippen MR) is 242 cm³/mol. The highest BCUT2D eigenvalue weighted by Gasteiger charge is 2.41. The van der Waals surface area contributed by atoms with Crippen LogP contribution in [0.1, 0.15) is 0 Å². The minimum atomic E-state index is -0.328. The smallest absolute Gasteiger partial charge is 0.434 e. The third-order valence-electron chi connectivity index (χ3n) is 12.3. The van der Waals surface area contributed by atoms with E-state index in [1.54, 1.807) is 0 Å². The summed E-state index contributed by atoms with van der Waals surface area (Å²) in [4.78, 5) is 0.